The largest absolute Gasteiger partial charge is 0.319 e. The summed E-state index contributed by atoms with van der Waals surface area (Å²) in [6, 6.07) is 97.7. The van der Waals surface area contributed by atoms with Crippen molar-refractivity contribution in [3.63, 3.8) is 0 Å². The lowest BCUT2D eigenvalue weighted by Crippen LogP contribution is -2.01. The zero-order valence-electron chi connectivity index (χ0n) is 44.1. The molecule has 13 aromatic carbocycles. The van der Waals surface area contributed by atoms with E-state index < -0.39 is 0 Å². The van der Waals surface area contributed by atoms with Gasteiger partial charge in [-0.3, -0.25) is 0 Å². The SMILES string of the molecule is [C-]#[N+]c1cc(-n2c3ccc(-c4ccc5c6ccccc6n(-c6ccccc6)c5c4)cc3c3c4ccccc4ccc32)c(C#N)cc1-n1c2ccc(-c3ccc4c5ccccc5n(-c5ccccc5)c4c3)cc2c2c3ccccc3ccc21. The van der Waals surface area contributed by atoms with Gasteiger partial charge < -0.3 is 18.3 Å². The number of hydrogen-bond donors (Lipinski definition) is 0. The van der Waals surface area contributed by atoms with Crippen LogP contribution >= 0.6 is 0 Å². The van der Waals surface area contributed by atoms with E-state index in [0.717, 1.165) is 110 Å². The summed E-state index contributed by atoms with van der Waals surface area (Å²) in [5.74, 6) is 0. The Morgan fingerprint density at radius 2 is 0.683 bits per heavy atom. The summed E-state index contributed by atoms with van der Waals surface area (Å²) in [6.45, 7) is 8.95. The van der Waals surface area contributed by atoms with Crippen LogP contribution in [-0.4, -0.2) is 18.3 Å². The van der Waals surface area contributed by atoms with Gasteiger partial charge in [0.2, 0.25) is 5.69 Å². The molecule has 82 heavy (non-hydrogen) atoms. The molecule has 0 saturated heterocycles. The van der Waals surface area contributed by atoms with Gasteiger partial charge in [-0.25, -0.2) is 4.85 Å². The van der Waals surface area contributed by atoms with Gasteiger partial charge in [-0.15, -0.1) is 0 Å². The summed E-state index contributed by atoms with van der Waals surface area (Å²) in [5, 5.41) is 25.1. The molecule has 0 bridgehead atoms. The highest BCUT2D eigenvalue weighted by Crippen LogP contribution is 2.46. The van der Waals surface area contributed by atoms with Crippen LogP contribution in [-0.2, 0) is 0 Å². The van der Waals surface area contributed by atoms with Gasteiger partial charge in [0.1, 0.15) is 6.07 Å². The lowest BCUT2D eigenvalue weighted by Gasteiger charge is -2.16. The summed E-state index contributed by atoms with van der Waals surface area (Å²) in [5.41, 5.74) is 17.3. The molecule has 6 nitrogen and oxygen atoms in total. The monoisotopic (exact) mass is 1040 g/mol. The first-order valence-electron chi connectivity index (χ1n) is 27.7. The van der Waals surface area contributed by atoms with Crippen LogP contribution in [0.15, 0.2) is 267 Å². The molecule has 0 unspecified atom stereocenters. The maximum absolute atomic E-state index is 11.4. The molecule has 0 N–H and O–H groups in total. The van der Waals surface area contributed by atoms with Gasteiger partial charge in [0.25, 0.3) is 0 Å². The molecular weight excluding hydrogens is 997 g/mol. The van der Waals surface area contributed by atoms with Crippen LogP contribution in [0.1, 0.15) is 5.56 Å². The third-order valence-corrected chi connectivity index (χ3v) is 17.2. The lowest BCUT2D eigenvalue weighted by atomic mass is 9.99. The van der Waals surface area contributed by atoms with Crippen molar-refractivity contribution in [2.24, 2.45) is 0 Å². The van der Waals surface area contributed by atoms with E-state index in [2.05, 4.69) is 284 Å². The molecular formula is C76H44N6. The Morgan fingerprint density at radius 3 is 1.17 bits per heavy atom. The molecule has 0 aliphatic heterocycles. The second-order valence-electron chi connectivity index (χ2n) is 21.4. The first kappa shape index (κ1) is 45.6. The van der Waals surface area contributed by atoms with Crippen molar-refractivity contribution < 1.29 is 0 Å². The highest BCUT2D eigenvalue weighted by atomic mass is 15.0. The van der Waals surface area contributed by atoms with Crippen LogP contribution in [0.25, 0.3) is 159 Å². The number of para-hydroxylation sites is 4. The van der Waals surface area contributed by atoms with Gasteiger partial charge in [0, 0.05) is 54.5 Å². The maximum atomic E-state index is 11.4. The van der Waals surface area contributed by atoms with Crippen molar-refractivity contribution in [1.82, 2.24) is 18.3 Å². The fourth-order valence-electron chi connectivity index (χ4n) is 13.6. The average Bonchev–Trinajstić information content (AvgIpc) is 4.43. The molecule has 6 heteroatoms. The Morgan fingerprint density at radius 1 is 0.293 bits per heavy atom. The predicted molar refractivity (Wildman–Crippen MR) is 341 cm³/mol. The molecule has 0 spiro atoms. The van der Waals surface area contributed by atoms with E-state index in [0.29, 0.717) is 22.6 Å². The van der Waals surface area contributed by atoms with Crippen molar-refractivity contribution in [3.05, 3.63) is 284 Å². The third-order valence-electron chi connectivity index (χ3n) is 17.2. The first-order chi connectivity index (χ1) is 40.6. The second-order valence-corrected chi connectivity index (χ2v) is 21.4. The summed E-state index contributed by atoms with van der Waals surface area (Å²) in [6.07, 6.45) is 0. The Hall–Kier alpha value is -11.4. The average molecular weight is 1040 g/mol. The van der Waals surface area contributed by atoms with Crippen LogP contribution < -0.4 is 0 Å². The third kappa shape index (κ3) is 6.55. The van der Waals surface area contributed by atoms with Gasteiger partial charge in [-0.2, -0.15) is 5.26 Å². The Balaban J connectivity index is 0.861. The lowest BCUT2D eigenvalue weighted by molar-refractivity contribution is 1.14. The zero-order valence-corrected chi connectivity index (χ0v) is 44.1. The normalized spacial score (nSPS) is 11.9. The van der Waals surface area contributed by atoms with Gasteiger partial charge in [0.05, 0.1) is 67.6 Å². The smallest absolute Gasteiger partial charge is 0.212 e. The molecule has 0 aliphatic carbocycles. The van der Waals surface area contributed by atoms with Crippen LogP contribution in [0, 0.1) is 17.9 Å². The number of hydrogen-bond acceptors (Lipinski definition) is 1. The number of nitriles is 1. The summed E-state index contributed by atoms with van der Waals surface area (Å²) >= 11 is 0. The predicted octanol–water partition coefficient (Wildman–Crippen LogP) is 20.1. The van der Waals surface area contributed by atoms with Crippen LogP contribution in [0.3, 0.4) is 0 Å². The number of nitrogens with zero attached hydrogens (tertiary/aromatic N) is 6. The van der Waals surface area contributed by atoms with Crippen LogP contribution in [0.2, 0.25) is 0 Å². The molecule has 17 aromatic rings. The minimum absolute atomic E-state index is 0.443. The molecule has 4 heterocycles. The zero-order chi connectivity index (χ0) is 54.2. The van der Waals surface area contributed by atoms with Gasteiger partial charge in [-0.05, 0) is 141 Å². The highest BCUT2D eigenvalue weighted by Gasteiger charge is 2.24. The fraction of sp³-hybridized carbons (Fsp3) is 0. The molecule has 0 radical (unpaired) electrons. The van der Waals surface area contributed by atoms with Crippen LogP contribution in [0.4, 0.5) is 5.69 Å². The van der Waals surface area contributed by atoms with Gasteiger partial charge in [0.15, 0.2) is 0 Å². The Labute approximate surface area is 470 Å². The number of aromatic nitrogens is 4. The molecule has 0 fully saturated rings. The van der Waals surface area contributed by atoms with Crippen molar-refractivity contribution in [1.29, 1.82) is 5.26 Å². The van der Waals surface area contributed by atoms with Crippen molar-refractivity contribution in [3.8, 4) is 51.1 Å². The molecule has 0 amide bonds. The first-order valence-corrected chi connectivity index (χ1v) is 27.7. The van der Waals surface area contributed by atoms with Crippen molar-refractivity contribution in [2.45, 2.75) is 0 Å². The Kier molecular flexibility index (Phi) is 9.74. The molecule has 4 aromatic heterocycles. The van der Waals surface area contributed by atoms with Crippen LogP contribution in [0.5, 0.6) is 0 Å². The van der Waals surface area contributed by atoms with E-state index in [4.69, 9.17) is 6.57 Å². The second kappa shape index (κ2) is 17.5. The quantitative estimate of drug-likeness (QED) is 0.153. The van der Waals surface area contributed by atoms with E-state index in [1.165, 1.54) is 32.6 Å². The fourth-order valence-corrected chi connectivity index (χ4v) is 13.6. The molecule has 378 valence electrons. The van der Waals surface area contributed by atoms with E-state index in [1.54, 1.807) is 0 Å². The summed E-state index contributed by atoms with van der Waals surface area (Å²) in [4.78, 5) is 4.33. The highest BCUT2D eigenvalue weighted by molar-refractivity contribution is 6.24. The van der Waals surface area contributed by atoms with E-state index in [-0.39, 0.29) is 0 Å². The van der Waals surface area contributed by atoms with Gasteiger partial charge >= 0.3 is 0 Å². The molecule has 0 aliphatic rings. The maximum Gasteiger partial charge on any atom is 0.212 e. The number of fused-ring (bicyclic) bond motifs is 16. The topological polar surface area (TPSA) is 47.9 Å². The van der Waals surface area contributed by atoms with E-state index >= 15 is 0 Å². The molecule has 0 saturated carbocycles. The molecule has 17 rings (SSSR count). The van der Waals surface area contributed by atoms with E-state index in [1.807, 2.05) is 12.1 Å². The number of rotatable bonds is 6. The molecule has 0 atom stereocenters. The Bertz CT molecular complexity index is 5310. The minimum atomic E-state index is 0.443. The summed E-state index contributed by atoms with van der Waals surface area (Å²) < 4.78 is 9.13. The standard InChI is InChI=1S/C76H44N6/c1-78-64-45-71(81-67-36-32-49(40-62(67)75-56-22-10-8-16-47(56)30-38-69(75)81)51-28-34-60-58-24-12-14-26-65(58)79(72(60)42-51)54-18-4-2-5-19-54)53(46-77)44-74(64)82-68-37-33-50(41-63(68)76-57-23-11-9-17-48(57)31-39-70(76)82)52-29-35-61-59-25-13-15-27-66(59)80(73(61)43-52)55-20-6-3-7-21-55/h2-45H. The summed E-state index contributed by atoms with van der Waals surface area (Å²) in [7, 11) is 0. The van der Waals surface area contributed by atoms with Crippen molar-refractivity contribution in [2.75, 3.05) is 0 Å². The van der Waals surface area contributed by atoms with E-state index in [9.17, 15) is 5.26 Å². The van der Waals surface area contributed by atoms with Crippen molar-refractivity contribution >= 4 is 114 Å². The number of benzene rings is 13. The van der Waals surface area contributed by atoms with Gasteiger partial charge in [-0.1, -0.05) is 170 Å². The minimum Gasteiger partial charge on any atom is -0.319 e.